The minimum atomic E-state index is -1.00. The molecule has 1 aromatic heterocycles. The lowest BCUT2D eigenvalue weighted by atomic mass is 9.80. The van der Waals surface area contributed by atoms with Crippen molar-refractivity contribution in [2.24, 2.45) is 5.41 Å². The number of benzene rings is 3. The van der Waals surface area contributed by atoms with E-state index < -0.39 is 11.4 Å². The molecular formula is C25H25N3O3. The summed E-state index contributed by atoms with van der Waals surface area (Å²) in [5.41, 5.74) is 1.80. The molecule has 3 aromatic carbocycles. The van der Waals surface area contributed by atoms with Crippen LogP contribution >= 0.6 is 0 Å². The van der Waals surface area contributed by atoms with Crippen LogP contribution in [-0.4, -0.2) is 27.7 Å². The Labute approximate surface area is 181 Å². The Hall–Kier alpha value is -3.80. The van der Waals surface area contributed by atoms with E-state index >= 15 is 0 Å². The van der Waals surface area contributed by atoms with E-state index in [4.69, 9.17) is 4.74 Å². The maximum absolute atomic E-state index is 11.9. The Balaban J connectivity index is 1.60. The molecule has 4 rings (SSSR count). The van der Waals surface area contributed by atoms with Crippen LogP contribution in [0.2, 0.25) is 0 Å². The zero-order valence-corrected chi connectivity index (χ0v) is 17.7. The molecule has 0 amide bonds. The number of carboxylic acid groups (broad SMARTS) is 1. The topological polar surface area (TPSA) is 76.4 Å². The van der Waals surface area contributed by atoms with Crippen LogP contribution in [0.15, 0.2) is 79.4 Å². The van der Waals surface area contributed by atoms with E-state index in [9.17, 15) is 9.90 Å². The predicted molar refractivity (Wildman–Crippen MR) is 122 cm³/mol. The van der Waals surface area contributed by atoms with E-state index in [1.807, 2.05) is 53.1 Å². The molecule has 31 heavy (non-hydrogen) atoms. The third kappa shape index (κ3) is 4.10. The monoisotopic (exact) mass is 415 g/mol. The Kier molecular flexibility index (Phi) is 5.38. The van der Waals surface area contributed by atoms with E-state index in [0.717, 1.165) is 33.5 Å². The lowest BCUT2D eigenvalue weighted by Gasteiger charge is -2.32. The van der Waals surface area contributed by atoms with Crippen LogP contribution in [0.4, 0.5) is 11.4 Å². The largest absolute Gasteiger partial charge is 0.497 e. The smallest absolute Gasteiger partial charge is 0.311 e. The fourth-order valence-electron chi connectivity index (χ4n) is 3.84. The normalized spacial score (nSPS) is 12.5. The zero-order valence-electron chi connectivity index (χ0n) is 17.7. The van der Waals surface area contributed by atoms with Crippen LogP contribution in [0.1, 0.15) is 25.5 Å². The molecule has 1 atom stereocenters. The number of anilines is 2. The number of imidazole rings is 1. The van der Waals surface area contributed by atoms with Crippen LogP contribution in [0.3, 0.4) is 0 Å². The van der Waals surface area contributed by atoms with Crippen molar-refractivity contribution in [3.63, 3.8) is 0 Å². The quantitative estimate of drug-likeness (QED) is 0.417. The third-order valence-electron chi connectivity index (χ3n) is 5.62. The first-order valence-electron chi connectivity index (χ1n) is 10.0. The van der Waals surface area contributed by atoms with E-state index in [0.29, 0.717) is 0 Å². The molecule has 2 N–H and O–H groups in total. The van der Waals surface area contributed by atoms with Crippen molar-refractivity contribution in [2.75, 3.05) is 12.4 Å². The lowest BCUT2D eigenvalue weighted by molar-refractivity contribution is -0.148. The number of hydrogen-bond donors (Lipinski definition) is 2. The highest BCUT2D eigenvalue weighted by atomic mass is 16.5. The summed E-state index contributed by atoms with van der Waals surface area (Å²) in [6.07, 6.45) is 5.12. The maximum Gasteiger partial charge on any atom is 0.311 e. The van der Waals surface area contributed by atoms with Crippen molar-refractivity contribution < 1.29 is 14.6 Å². The summed E-state index contributed by atoms with van der Waals surface area (Å²) in [5, 5.41) is 15.4. The highest BCUT2D eigenvalue weighted by Crippen LogP contribution is 2.37. The molecule has 0 aliphatic rings. The molecule has 0 saturated carbocycles. The van der Waals surface area contributed by atoms with Gasteiger partial charge in [0.1, 0.15) is 5.75 Å². The summed E-state index contributed by atoms with van der Waals surface area (Å²) in [6.45, 7) is 3.46. The Bertz CT molecular complexity index is 1200. The molecule has 0 fully saturated rings. The van der Waals surface area contributed by atoms with E-state index in [-0.39, 0.29) is 6.04 Å². The molecule has 0 aliphatic heterocycles. The second-order valence-electron chi connectivity index (χ2n) is 8.11. The average molecular weight is 415 g/mol. The van der Waals surface area contributed by atoms with Crippen molar-refractivity contribution >= 4 is 28.1 Å². The first-order chi connectivity index (χ1) is 14.9. The van der Waals surface area contributed by atoms with Crippen LogP contribution in [0.25, 0.3) is 10.8 Å². The fraction of sp³-hybridized carbons (Fsp3) is 0.200. The van der Waals surface area contributed by atoms with Gasteiger partial charge in [0.25, 0.3) is 0 Å². The van der Waals surface area contributed by atoms with E-state index in [1.165, 1.54) is 0 Å². The third-order valence-corrected chi connectivity index (χ3v) is 5.62. The van der Waals surface area contributed by atoms with Gasteiger partial charge in [-0.15, -0.1) is 0 Å². The minimum Gasteiger partial charge on any atom is -0.497 e. The van der Waals surface area contributed by atoms with Gasteiger partial charge in [-0.1, -0.05) is 24.3 Å². The summed E-state index contributed by atoms with van der Waals surface area (Å²) >= 11 is 0. The Morgan fingerprint density at radius 1 is 1.03 bits per heavy atom. The van der Waals surface area contributed by atoms with Crippen molar-refractivity contribution in [1.82, 2.24) is 9.55 Å². The summed E-state index contributed by atoms with van der Waals surface area (Å²) in [6, 6.07) is 19.6. The SMILES string of the molecule is COc1ccc2cc(Nc3ccc(C(n4ccnc4)C(C)(C)C(=O)O)cc3)ccc2c1. The van der Waals surface area contributed by atoms with Gasteiger partial charge in [-0.3, -0.25) is 4.79 Å². The van der Waals surface area contributed by atoms with Gasteiger partial charge in [0.15, 0.2) is 0 Å². The molecule has 1 unspecified atom stereocenters. The molecule has 1 heterocycles. The molecular weight excluding hydrogens is 390 g/mol. The molecule has 0 saturated heterocycles. The Morgan fingerprint density at radius 2 is 1.71 bits per heavy atom. The van der Waals surface area contributed by atoms with Gasteiger partial charge in [0, 0.05) is 23.8 Å². The molecule has 0 spiro atoms. The number of carboxylic acids is 1. The molecule has 0 bridgehead atoms. The molecule has 158 valence electrons. The number of rotatable bonds is 7. The molecule has 6 heteroatoms. The Morgan fingerprint density at radius 3 is 2.35 bits per heavy atom. The molecule has 4 aromatic rings. The van der Waals surface area contributed by atoms with Gasteiger partial charge < -0.3 is 19.7 Å². The van der Waals surface area contributed by atoms with E-state index in [2.05, 4.69) is 22.4 Å². The van der Waals surface area contributed by atoms with Crippen LogP contribution in [-0.2, 0) is 4.79 Å². The minimum absolute atomic E-state index is 0.378. The van der Waals surface area contributed by atoms with E-state index in [1.54, 1.807) is 39.7 Å². The number of methoxy groups -OCH3 is 1. The fourth-order valence-corrected chi connectivity index (χ4v) is 3.84. The highest BCUT2D eigenvalue weighted by Gasteiger charge is 2.39. The summed E-state index contributed by atoms with van der Waals surface area (Å²) in [7, 11) is 1.66. The highest BCUT2D eigenvalue weighted by molar-refractivity contribution is 5.87. The number of nitrogens with one attached hydrogen (secondary N) is 1. The van der Waals surface area contributed by atoms with Gasteiger partial charge in [0.05, 0.1) is 24.9 Å². The maximum atomic E-state index is 11.9. The number of fused-ring (bicyclic) bond motifs is 1. The van der Waals surface area contributed by atoms with Gasteiger partial charge >= 0.3 is 5.97 Å². The lowest BCUT2D eigenvalue weighted by Crippen LogP contribution is -2.35. The number of hydrogen-bond acceptors (Lipinski definition) is 4. The summed E-state index contributed by atoms with van der Waals surface area (Å²) in [4.78, 5) is 16.0. The standard InChI is InChI=1S/C25H25N3O3/c1-25(2,24(29)30)23(28-13-12-26-16-28)17-4-8-20(9-5-17)27-21-10-6-19-15-22(31-3)11-7-18(19)14-21/h4-16,23,27H,1-3H3,(H,29,30). The van der Waals surface area contributed by atoms with Crippen LogP contribution < -0.4 is 10.1 Å². The van der Waals surface area contributed by atoms with Gasteiger partial charge in [-0.05, 0) is 66.6 Å². The molecule has 0 aliphatic carbocycles. The first kappa shape index (κ1) is 20.5. The summed E-state index contributed by atoms with van der Waals surface area (Å²) in [5.74, 6) is -0.0262. The van der Waals surface area contributed by atoms with Crippen LogP contribution in [0.5, 0.6) is 5.75 Å². The number of aliphatic carboxylic acids is 1. The first-order valence-corrected chi connectivity index (χ1v) is 10.0. The van der Waals surface area contributed by atoms with Crippen LogP contribution in [0, 0.1) is 5.41 Å². The predicted octanol–water partition coefficient (Wildman–Crippen LogP) is 5.49. The van der Waals surface area contributed by atoms with Gasteiger partial charge in [-0.2, -0.15) is 0 Å². The number of carbonyl (C=O) groups is 1. The van der Waals surface area contributed by atoms with Crippen molar-refractivity contribution in [3.05, 3.63) is 84.9 Å². The average Bonchev–Trinajstić information content (AvgIpc) is 3.28. The number of nitrogens with zero attached hydrogens (tertiary/aromatic N) is 2. The summed E-state index contributed by atoms with van der Waals surface area (Å²) < 4.78 is 7.13. The van der Waals surface area contributed by atoms with Crippen molar-refractivity contribution in [2.45, 2.75) is 19.9 Å². The van der Waals surface area contributed by atoms with Crippen molar-refractivity contribution in [1.29, 1.82) is 0 Å². The number of aromatic nitrogens is 2. The van der Waals surface area contributed by atoms with Gasteiger partial charge in [-0.25, -0.2) is 4.98 Å². The second-order valence-corrected chi connectivity index (χ2v) is 8.11. The number of ether oxygens (including phenoxy) is 1. The second kappa shape index (κ2) is 8.14. The van der Waals surface area contributed by atoms with Gasteiger partial charge in [0.2, 0.25) is 0 Å². The van der Waals surface area contributed by atoms with Crippen molar-refractivity contribution in [3.8, 4) is 5.75 Å². The molecule has 0 radical (unpaired) electrons. The zero-order chi connectivity index (χ0) is 22.0. The molecule has 6 nitrogen and oxygen atoms in total.